The molecule has 0 unspecified atom stereocenters. The van der Waals surface area contributed by atoms with E-state index in [1.165, 1.54) is 36.4 Å². The second-order valence-corrected chi connectivity index (χ2v) is 4.94. The van der Waals surface area contributed by atoms with Gasteiger partial charge in [-0.05, 0) is 30.4 Å². The molecule has 0 spiro atoms. The molecule has 122 valence electrons. The fraction of sp³-hybridized carbons (Fsp3) is 0. The molecule has 0 saturated carbocycles. The molecule has 0 atom stereocenters. The highest BCUT2D eigenvalue weighted by molar-refractivity contribution is 7.80. The van der Waals surface area contributed by atoms with Crippen LogP contribution in [0.1, 0.15) is 20.7 Å². The molecule has 0 heterocycles. The number of phenolic OH excluding ortho intramolecular Hbond substituents is 1. The zero-order valence-corrected chi connectivity index (χ0v) is 12.9. The van der Waals surface area contributed by atoms with E-state index in [9.17, 15) is 24.8 Å². The molecule has 9 heteroatoms. The molecule has 3 N–H and O–H groups in total. The van der Waals surface area contributed by atoms with Gasteiger partial charge in [-0.25, -0.2) is 0 Å². The summed E-state index contributed by atoms with van der Waals surface area (Å²) in [5.74, 6) is -1.80. The molecule has 8 nitrogen and oxygen atoms in total. The molecule has 0 aliphatic heterocycles. The number of nitro benzene ring substituents is 1. The van der Waals surface area contributed by atoms with Gasteiger partial charge in [-0.2, -0.15) is 0 Å². The summed E-state index contributed by atoms with van der Waals surface area (Å²) in [4.78, 5) is 34.2. The lowest BCUT2D eigenvalue weighted by atomic mass is 10.1. The topological polar surface area (TPSA) is 122 Å². The quantitative estimate of drug-likeness (QED) is 0.442. The molecule has 0 bridgehead atoms. The first-order chi connectivity index (χ1) is 11.4. The van der Waals surface area contributed by atoms with E-state index in [0.29, 0.717) is 0 Å². The summed E-state index contributed by atoms with van der Waals surface area (Å²) < 4.78 is 0. The Bertz CT molecular complexity index is 837. The van der Waals surface area contributed by atoms with Crippen molar-refractivity contribution < 1.29 is 19.6 Å². The lowest BCUT2D eigenvalue weighted by molar-refractivity contribution is -0.385. The van der Waals surface area contributed by atoms with Crippen LogP contribution in [0.25, 0.3) is 0 Å². The number of hydrogen-bond donors (Lipinski definition) is 3. The number of hydrogen-bond acceptors (Lipinski definition) is 6. The zero-order chi connectivity index (χ0) is 17.7. The SMILES string of the molecule is O=C(NC(=S)NC(=O)c1ccccc1[N+](=O)[O-])c1ccccc1O. The average Bonchev–Trinajstić information content (AvgIpc) is 2.54. The van der Waals surface area contributed by atoms with E-state index in [2.05, 4.69) is 10.6 Å². The van der Waals surface area contributed by atoms with Crippen molar-refractivity contribution in [1.29, 1.82) is 0 Å². The van der Waals surface area contributed by atoms with Crippen molar-refractivity contribution in [3.8, 4) is 5.75 Å². The van der Waals surface area contributed by atoms with E-state index in [0.717, 1.165) is 0 Å². The van der Waals surface area contributed by atoms with Crippen molar-refractivity contribution in [3.05, 3.63) is 69.8 Å². The summed E-state index contributed by atoms with van der Waals surface area (Å²) in [5, 5.41) is 24.6. The van der Waals surface area contributed by atoms with Crippen LogP contribution in [0.15, 0.2) is 48.5 Å². The molecule has 0 aromatic heterocycles. The maximum atomic E-state index is 12.1. The van der Waals surface area contributed by atoms with Gasteiger partial charge in [0.1, 0.15) is 11.3 Å². The Kier molecular flexibility index (Phi) is 5.17. The summed E-state index contributed by atoms with van der Waals surface area (Å²) in [6.45, 7) is 0. The van der Waals surface area contributed by atoms with E-state index in [1.807, 2.05) is 0 Å². The Morgan fingerprint density at radius 2 is 1.46 bits per heavy atom. The maximum Gasteiger partial charge on any atom is 0.282 e. The van der Waals surface area contributed by atoms with Gasteiger partial charge in [0, 0.05) is 6.07 Å². The lowest BCUT2D eigenvalue weighted by Gasteiger charge is -2.09. The maximum absolute atomic E-state index is 12.1. The van der Waals surface area contributed by atoms with Gasteiger partial charge in [0.25, 0.3) is 17.5 Å². The number of para-hydroxylation sites is 2. The number of thiocarbonyl (C=S) groups is 1. The van der Waals surface area contributed by atoms with Crippen LogP contribution in [0.5, 0.6) is 5.75 Å². The van der Waals surface area contributed by atoms with Crippen molar-refractivity contribution in [2.45, 2.75) is 0 Å². The molecule has 2 aromatic carbocycles. The molecule has 0 fully saturated rings. The van der Waals surface area contributed by atoms with E-state index < -0.39 is 16.7 Å². The number of nitrogens with one attached hydrogen (secondary N) is 2. The van der Waals surface area contributed by atoms with Gasteiger partial charge in [-0.15, -0.1) is 0 Å². The fourth-order valence-electron chi connectivity index (χ4n) is 1.86. The van der Waals surface area contributed by atoms with E-state index in [1.54, 1.807) is 12.1 Å². The largest absolute Gasteiger partial charge is 0.507 e. The first-order valence-corrected chi connectivity index (χ1v) is 6.99. The van der Waals surface area contributed by atoms with Crippen LogP contribution >= 0.6 is 12.2 Å². The molecule has 2 aromatic rings. The molecule has 0 radical (unpaired) electrons. The predicted molar refractivity (Wildman–Crippen MR) is 88.7 cm³/mol. The number of rotatable bonds is 3. The molecule has 2 amide bonds. The van der Waals surface area contributed by atoms with Crippen LogP contribution in [-0.2, 0) is 0 Å². The number of aromatic hydroxyl groups is 1. The fourth-order valence-corrected chi connectivity index (χ4v) is 2.05. The third-order valence-corrected chi connectivity index (χ3v) is 3.15. The number of nitro groups is 1. The monoisotopic (exact) mass is 345 g/mol. The van der Waals surface area contributed by atoms with Gasteiger partial charge in [0.05, 0.1) is 10.5 Å². The van der Waals surface area contributed by atoms with E-state index in [4.69, 9.17) is 12.2 Å². The van der Waals surface area contributed by atoms with Crippen molar-refractivity contribution in [1.82, 2.24) is 10.6 Å². The van der Waals surface area contributed by atoms with Gasteiger partial charge in [0.15, 0.2) is 5.11 Å². The minimum atomic E-state index is -0.829. The second-order valence-electron chi connectivity index (χ2n) is 4.53. The van der Waals surface area contributed by atoms with Crippen molar-refractivity contribution in [3.63, 3.8) is 0 Å². The van der Waals surface area contributed by atoms with Crippen LogP contribution in [-0.4, -0.2) is 27.0 Å². The highest BCUT2D eigenvalue weighted by atomic mass is 32.1. The average molecular weight is 345 g/mol. The molecule has 0 aliphatic carbocycles. The third-order valence-electron chi connectivity index (χ3n) is 2.95. The first-order valence-electron chi connectivity index (χ1n) is 6.58. The normalized spacial score (nSPS) is 9.83. The van der Waals surface area contributed by atoms with E-state index >= 15 is 0 Å². The zero-order valence-electron chi connectivity index (χ0n) is 12.1. The molecule has 0 aliphatic rings. The summed E-state index contributed by atoms with van der Waals surface area (Å²) in [7, 11) is 0. The van der Waals surface area contributed by atoms with Crippen molar-refractivity contribution in [2.24, 2.45) is 0 Å². The van der Waals surface area contributed by atoms with Gasteiger partial charge in [-0.1, -0.05) is 24.3 Å². The summed E-state index contributed by atoms with van der Waals surface area (Å²) >= 11 is 4.84. The predicted octanol–water partition coefficient (Wildman–Crippen LogP) is 1.75. The summed E-state index contributed by atoms with van der Waals surface area (Å²) in [6, 6.07) is 11.1. The summed E-state index contributed by atoms with van der Waals surface area (Å²) in [5.41, 5.74) is -0.605. The first kappa shape index (κ1) is 17.0. The standard InChI is InChI=1S/C15H11N3O5S/c19-12-8-4-2-6-10(12)14(21)17-15(24)16-13(20)9-5-1-3-7-11(9)18(22)23/h1-8,19H,(H2,16,17,20,21,24). The molecule has 24 heavy (non-hydrogen) atoms. The van der Waals surface area contributed by atoms with Gasteiger partial charge in [0.2, 0.25) is 0 Å². The van der Waals surface area contributed by atoms with Crippen molar-refractivity contribution >= 4 is 34.8 Å². The Morgan fingerprint density at radius 3 is 2.04 bits per heavy atom. The highest BCUT2D eigenvalue weighted by Crippen LogP contribution is 2.17. The third kappa shape index (κ3) is 3.90. The number of amides is 2. The summed E-state index contributed by atoms with van der Waals surface area (Å²) in [6.07, 6.45) is 0. The molecule has 0 saturated heterocycles. The number of carbonyl (C=O) groups excluding carboxylic acids is 2. The minimum Gasteiger partial charge on any atom is -0.507 e. The second kappa shape index (κ2) is 7.29. The number of carbonyl (C=O) groups is 2. The minimum absolute atomic E-state index is 0.0280. The Hall–Kier alpha value is -3.33. The smallest absolute Gasteiger partial charge is 0.282 e. The molecular formula is C15H11N3O5S. The number of phenols is 1. The van der Waals surface area contributed by atoms with Crippen LogP contribution in [0, 0.1) is 10.1 Å². The van der Waals surface area contributed by atoms with Crippen LogP contribution in [0.4, 0.5) is 5.69 Å². The lowest BCUT2D eigenvalue weighted by Crippen LogP contribution is -2.42. The van der Waals surface area contributed by atoms with Gasteiger partial charge in [-0.3, -0.25) is 30.3 Å². The van der Waals surface area contributed by atoms with Crippen LogP contribution < -0.4 is 10.6 Å². The molecular weight excluding hydrogens is 334 g/mol. The number of nitrogens with zero attached hydrogens (tertiary/aromatic N) is 1. The van der Waals surface area contributed by atoms with Gasteiger partial charge >= 0.3 is 0 Å². The Labute approximate surface area is 141 Å². The Morgan fingerprint density at radius 1 is 0.958 bits per heavy atom. The Balaban J connectivity index is 2.08. The van der Waals surface area contributed by atoms with Crippen LogP contribution in [0.2, 0.25) is 0 Å². The number of benzene rings is 2. The van der Waals surface area contributed by atoms with Crippen molar-refractivity contribution in [2.75, 3.05) is 0 Å². The van der Waals surface area contributed by atoms with Gasteiger partial charge < -0.3 is 5.11 Å². The molecule has 2 rings (SSSR count). The van der Waals surface area contributed by atoms with E-state index in [-0.39, 0.29) is 27.7 Å². The van der Waals surface area contributed by atoms with Crippen LogP contribution in [0.3, 0.4) is 0 Å². The highest BCUT2D eigenvalue weighted by Gasteiger charge is 2.20.